The van der Waals surface area contributed by atoms with Crippen molar-refractivity contribution in [1.29, 1.82) is 0 Å². The number of carbonyl (C=O) groups excluding carboxylic acids is 1. The molecule has 13 heteroatoms. The number of cyclic esters (lactones) is 1. The summed E-state index contributed by atoms with van der Waals surface area (Å²) in [5.41, 5.74) is 8.62. The van der Waals surface area contributed by atoms with E-state index >= 15 is 0 Å². The second-order valence-electron chi connectivity index (χ2n) is 8.58. The number of hydrogen-bond acceptors (Lipinski definition) is 11. The van der Waals surface area contributed by atoms with Crippen molar-refractivity contribution in [3.05, 3.63) is 76.9 Å². The summed E-state index contributed by atoms with van der Waals surface area (Å²) in [6.45, 7) is 2.28. The quantitative estimate of drug-likeness (QED) is 0.194. The standard InChI is InChI=1S/C26H26N6O5.CH2O2/c27-8-11-35-23-13-19(6-10-29-23)18-3-1-2-17(12-18)14-28-9-7-20-16-32(26(34)36-20)22-5-4-21-25(31-22)37-24(33)15-30-21;2-1-3/h1-6,10,12-13,15,20,28H,7-9,11,14,16,27H2;1H,(H,2,3)/t20-;/m0./s1. The third-order valence-electron chi connectivity index (χ3n) is 5.82. The maximum atomic E-state index is 12.4. The third-order valence-corrected chi connectivity index (χ3v) is 5.82. The predicted molar refractivity (Wildman–Crippen MR) is 145 cm³/mol. The normalized spacial score (nSPS) is 14.4. The molecule has 3 aromatic heterocycles. The molecule has 5 rings (SSSR count). The first kappa shape index (κ1) is 28.1. The Balaban J connectivity index is 0.00000118. The van der Waals surface area contributed by atoms with Gasteiger partial charge in [0.25, 0.3) is 12.2 Å². The average molecular weight is 549 g/mol. The van der Waals surface area contributed by atoms with Crippen molar-refractivity contribution in [2.75, 3.05) is 31.1 Å². The lowest BCUT2D eigenvalue weighted by atomic mass is 10.0. The highest BCUT2D eigenvalue weighted by Crippen LogP contribution is 2.24. The fourth-order valence-electron chi connectivity index (χ4n) is 4.04. The lowest BCUT2D eigenvalue weighted by molar-refractivity contribution is -0.122. The van der Waals surface area contributed by atoms with Gasteiger partial charge in [-0.25, -0.2) is 19.6 Å². The van der Waals surface area contributed by atoms with Crippen LogP contribution in [-0.2, 0) is 16.1 Å². The molecule has 40 heavy (non-hydrogen) atoms. The number of nitrogens with two attached hydrogens (primary N) is 1. The van der Waals surface area contributed by atoms with Gasteiger partial charge >= 0.3 is 11.7 Å². The Labute approximate surface area is 228 Å². The number of fused-ring (bicyclic) bond motifs is 1. The number of rotatable bonds is 10. The smallest absolute Gasteiger partial charge is 0.415 e. The maximum Gasteiger partial charge on any atom is 0.415 e. The van der Waals surface area contributed by atoms with Gasteiger partial charge in [0.2, 0.25) is 5.88 Å². The molecular weight excluding hydrogens is 520 g/mol. The van der Waals surface area contributed by atoms with Crippen LogP contribution in [0.2, 0.25) is 0 Å². The Bertz CT molecular complexity index is 1510. The van der Waals surface area contributed by atoms with E-state index in [-0.39, 0.29) is 18.3 Å². The Morgan fingerprint density at radius 3 is 2.80 bits per heavy atom. The van der Waals surface area contributed by atoms with Crippen molar-refractivity contribution in [1.82, 2.24) is 20.3 Å². The molecule has 208 valence electrons. The van der Waals surface area contributed by atoms with E-state index in [1.165, 1.54) is 4.90 Å². The number of nitrogens with one attached hydrogen (secondary N) is 1. The van der Waals surface area contributed by atoms with Crippen molar-refractivity contribution in [2.45, 2.75) is 19.1 Å². The zero-order valence-electron chi connectivity index (χ0n) is 21.4. The molecule has 0 bridgehead atoms. The molecule has 1 aromatic carbocycles. The van der Waals surface area contributed by atoms with Crippen molar-refractivity contribution in [2.24, 2.45) is 5.73 Å². The summed E-state index contributed by atoms with van der Waals surface area (Å²) in [6.07, 6.45) is 2.68. The molecule has 1 fully saturated rings. The second-order valence-corrected chi connectivity index (χ2v) is 8.58. The van der Waals surface area contributed by atoms with Gasteiger partial charge in [-0.05, 0) is 53.9 Å². The Morgan fingerprint density at radius 2 is 1.98 bits per heavy atom. The van der Waals surface area contributed by atoms with Crippen LogP contribution in [0.3, 0.4) is 0 Å². The fraction of sp³-hybridized carbons (Fsp3) is 0.259. The van der Waals surface area contributed by atoms with Crippen LogP contribution in [0.5, 0.6) is 5.88 Å². The molecule has 1 atom stereocenters. The van der Waals surface area contributed by atoms with Crippen LogP contribution in [0.1, 0.15) is 12.0 Å². The van der Waals surface area contributed by atoms with Crippen LogP contribution in [0.4, 0.5) is 10.6 Å². The van der Waals surface area contributed by atoms with Gasteiger partial charge in [-0.15, -0.1) is 0 Å². The summed E-state index contributed by atoms with van der Waals surface area (Å²) in [5.74, 6) is 0.903. The Morgan fingerprint density at radius 1 is 1.15 bits per heavy atom. The minimum Gasteiger partial charge on any atom is -0.483 e. The first-order chi connectivity index (χ1) is 19.5. The number of pyridine rings is 2. The van der Waals surface area contributed by atoms with Crippen molar-refractivity contribution >= 4 is 29.6 Å². The number of nitrogens with zero attached hydrogens (tertiary/aromatic N) is 4. The summed E-state index contributed by atoms with van der Waals surface area (Å²) in [5, 5.41) is 10.3. The van der Waals surface area contributed by atoms with Gasteiger partial charge in [0.05, 0.1) is 6.54 Å². The molecule has 1 saturated heterocycles. The number of carbonyl (C=O) groups is 2. The van der Waals surface area contributed by atoms with E-state index in [9.17, 15) is 9.59 Å². The minimum atomic E-state index is -0.599. The molecule has 0 unspecified atom stereocenters. The van der Waals surface area contributed by atoms with E-state index < -0.39 is 11.7 Å². The highest BCUT2D eigenvalue weighted by atomic mass is 16.6. The first-order valence-electron chi connectivity index (χ1n) is 12.4. The van der Waals surface area contributed by atoms with Gasteiger partial charge in [-0.2, -0.15) is 4.98 Å². The molecule has 0 spiro atoms. The van der Waals surface area contributed by atoms with Gasteiger partial charge in [0.15, 0.2) is 0 Å². The number of hydrogen-bond donors (Lipinski definition) is 3. The monoisotopic (exact) mass is 548 g/mol. The number of carboxylic acid groups (broad SMARTS) is 1. The number of ether oxygens (including phenoxy) is 2. The van der Waals surface area contributed by atoms with E-state index in [2.05, 4.69) is 32.4 Å². The number of anilines is 1. The van der Waals surface area contributed by atoms with Crippen LogP contribution < -0.4 is 26.3 Å². The molecule has 1 amide bonds. The number of benzene rings is 1. The molecule has 4 heterocycles. The van der Waals surface area contributed by atoms with Crippen LogP contribution in [-0.4, -0.2) is 65.0 Å². The Kier molecular flexibility index (Phi) is 9.69. The lowest BCUT2D eigenvalue weighted by Crippen LogP contribution is -2.26. The molecular formula is C27H28N6O7. The van der Waals surface area contributed by atoms with Crippen LogP contribution in [0, 0.1) is 0 Å². The highest BCUT2D eigenvalue weighted by Gasteiger charge is 2.33. The van der Waals surface area contributed by atoms with E-state index in [1.807, 2.05) is 24.3 Å². The molecule has 4 N–H and O–H groups in total. The van der Waals surface area contributed by atoms with E-state index in [0.29, 0.717) is 56.4 Å². The summed E-state index contributed by atoms with van der Waals surface area (Å²) in [6, 6.07) is 15.4. The number of aromatic nitrogens is 3. The SMILES string of the molecule is NCCOc1cc(-c2cccc(CNCC[C@H]3CN(c4ccc5ncc(=O)oc5n4)C(=O)O3)c2)ccn1.O=CO. The van der Waals surface area contributed by atoms with Crippen molar-refractivity contribution < 1.29 is 28.6 Å². The van der Waals surface area contributed by atoms with Crippen molar-refractivity contribution in [3.8, 4) is 17.0 Å². The van der Waals surface area contributed by atoms with E-state index in [0.717, 1.165) is 22.9 Å². The van der Waals surface area contributed by atoms with Crippen LogP contribution in [0.15, 0.2) is 70.1 Å². The fourth-order valence-corrected chi connectivity index (χ4v) is 4.04. The molecule has 1 aliphatic heterocycles. The molecule has 13 nitrogen and oxygen atoms in total. The van der Waals surface area contributed by atoms with Gasteiger partial charge < -0.3 is 30.0 Å². The topological polar surface area (TPSA) is 183 Å². The summed E-state index contributed by atoms with van der Waals surface area (Å²) < 4.78 is 16.1. The first-order valence-corrected chi connectivity index (χ1v) is 12.4. The predicted octanol–water partition coefficient (Wildman–Crippen LogP) is 2.19. The van der Waals surface area contributed by atoms with E-state index in [1.54, 1.807) is 18.3 Å². The van der Waals surface area contributed by atoms with Crippen molar-refractivity contribution in [3.63, 3.8) is 0 Å². The van der Waals surface area contributed by atoms with Crippen LogP contribution >= 0.6 is 0 Å². The molecule has 0 saturated carbocycles. The van der Waals surface area contributed by atoms with Gasteiger partial charge in [-0.3, -0.25) is 9.69 Å². The average Bonchev–Trinajstić information content (AvgIpc) is 3.34. The van der Waals surface area contributed by atoms with Gasteiger partial charge in [0.1, 0.15) is 30.2 Å². The zero-order valence-corrected chi connectivity index (χ0v) is 21.4. The highest BCUT2D eigenvalue weighted by molar-refractivity contribution is 5.89. The summed E-state index contributed by atoms with van der Waals surface area (Å²) >= 11 is 0. The number of amides is 1. The second kappa shape index (κ2) is 13.8. The minimum absolute atomic E-state index is 0.0798. The summed E-state index contributed by atoms with van der Waals surface area (Å²) in [7, 11) is 0. The molecule has 1 aliphatic rings. The zero-order chi connectivity index (χ0) is 28.3. The third kappa shape index (κ3) is 7.36. The molecule has 0 radical (unpaired) electrons. The Hall–Kier alpha value is -4.88. The van der Waals surface area contributed by atoms with E-state index in [4.69, 9.17) is 29.5 Å². The van der Waals surface area contributed by atoms with Crippen LogP contribution in [0.25, 0.3) is 22.4 Å². The molecule has 0 aliphatic carbocycles. The molecule has 4 aromatic rings. The summed E-state index contributed by atoms with van der Waals surface area (Å²) in [4.78, 5) is 46.1. The lowest BCUT2D eigenvalue weighted by Gasteiger charge is -2.12. The largest absolute Gasteiger partial charge is 0.483 e. The maximum absolute atomic E-state index is 12.4. The van der Waals surface area contributed by atoms with Gasteiger partial charge in [0, 0.05) is 25.4 Å². The van der Waals surface area contributed by atoms with Gasteiger partial charge in [-0.1, -0.05) is 18.2 Å².